The number of urea groups is 1. The number of carbonyl (C=O) groups excluding carboxylic acids is 1. The molecule has 0 bridgehead atoms. The number of aromatic nitrogens is 2. The largest absolute Gasteiger partial charge is 0.396 e. The summed E-state index contributed by atoms with van der Waals surface area (Å²) in [5, 5.41) is 18.5. The molecule has 1 aromatic carbocycles. The molecule has 0 spiro atoms. The summed E-state index contributed by atoms with van der Waals surface area (Å²) in [5.74, 6) is -0.300. The molecule has 3 N–H and O–H groups in total. The van der Waals surface area contributed by atoms with Crippen LogP contribution < -0.4 is 10.6 Å². The minimum Gasteiger partial charge on any atom is -0.396 e. The van der Waals surface area contributed by atoms with Gasteiger partial charge in [0.1, 0.15) is 5.82 Å². The van der Waals surface area contributed by atoms with Gasteiger partial charge in [-0.05, 0) is 43.7 Å². The van der Waals surface area contributed by atoms with Crippen molar-refractivity contribution in [3.63, 3.8) is 0 Å². The van der Waals surface area contributed by atoms with Gasteiger partial charge in [0.2, 0.25) is 0 Å². The Hall–Kier alpha value is -2.41. The number of carbonyl (C=O) groups is 1. The second-order valence-corrected chi connectivity index (χ2v) is 4.97. The molecule has 0 aliphatic carbocycles. The molecule has 1 aromatic heterocycles. The van der Waals surface area contributed by atoms with Crippen LogP contribution in [0.25, 0.3) is 5.69 Å². The molecule has 1 heterocycles. The zero-order valence-electron chi connectivity index (χ0n) is 12.3. The van der Waals surface area contributed by atoms with E-state index in [9.17, 15) is 9.18 Å². The number of amides is 2. The predicted molar refractivity (Wildman–Crippen MR) is 80.1 cm³/mol. The summed E-state index contributed by atoms with van der Waals surface area (Å²) >= 11 is 0. The van der Waals surface area contributed by atoms with Gasteiger partial charge in [0, 0.05) is 18.8 Å². The summed E-state index contributed by atoms with van der Waals surface area (Å²) in [7, 11) is 0. The van der Waals surface area contributed by atoms with Gasteiger partial charge in [0.05, 0.1) is 17.9 Å². The van der Waals surface area contributed by atoms with E-state index < -0.39 is 0 Å². The number of benzene rings is 1. The van der Waals surface area contributed by atoms with Gasteiger partial charge < -0.3 is 15.7 Å². The lowest BCUT2D eigenvalue weighted by atomic mass is 10.2. The van der Waals surface area contributed by atoms with Gasteiger partial charge in [-0.1, -0.05) is 0 Å². The molecular formula is C15H19FN4O2. The fraction of sp³-hybridized carbons (Fsp3) is 0.333. The van der Waals surface area contributed by atoms with Crippen LogP contribution in [0.1, 0.15) is 19.0 Å². The summed E-state index contributed by atoms with van der Waals surface area (Å²) < 4.78 is 14.5. The number of hydrogen-bond donors (Lipinski definition) is 3. The summed E-state index contributed by atoms with van der Waals surface area (Å²) in [6, 6.07) is 7.36. The molecule has 0 radical (unpaired) electrons. The van der Waals surface area contributed by atoms with Gasteiger partial charge in [-0.3, -0.25) is 0 Å². The molecule has 0 aliphatic rings. The highest BCUT2D eigenvalue weighted by atomic mass is 19.1. The Kier molecular flexibility index (Phi) is 5.48. The second kappa shape index (κ2) is 7.56. The average molecular weight is 306 g/mol. The molecule has 2 aromatic rings. The highest BCUT2D eigenvalue weighted by molar-refractivity contribution is 5.74. The lowest BCUT2D eigenvalue weighted by Gasteiger charge is -2.12. The van der Waals surface area contributed by atoms with Crippen molar-refractivity contribution in [2.75, 3.05) is 6.61 Å². The zero-order valence-corrected chi connectivity index (χ0v) is 12.3. The molecule has 22 heavy (non-hydrogen) atoms. The van der Waals surface area contributed by atoms with Crippen LogP contribution in [0.5, 0.6) is 0 Å². The Morgan fingerprint density at radius 1 is 1.36 bits per heavy atom. The fourth-order valence-electron chi connectivity index (χ4n) is 1.91. The summed E-state index contributed by atoms with van der Waals surface area (Å²) in [4.78, 5) is 11.6. The Morgan fingerprint density at radius 2 is 2.09 bits per heavy atom. The van der Waals surface area contributed by atoms with Gasteiger partial charge >= 0.3 is 6.03 Å². The zero-order chi connectivity index (χ0) is 15.9. The second-order valence-electron chi connectivity index (χ2n) is 4.97. The number of hydrogen-bond acceptors (Lipinski definition) is 3. The van der Waals surface area contributed by atoms with E-state index in [1.165, 1.54) is 12.1 Å². The van der Waals surface area contributed by atoms with E-state index in [0.29, 0.717) is 12.1 Å². The van der Waals surface area contributed by atoms with Crippen LogP contribution in [-0.4, -0.2) is 33.6 Å². The van der Waals surface area contributed by atoms with Crippen LogP contribution in [0.2, 0.25) is 0 Å². The maximum atomic E-state index is 12.9. The molecule has 0 saturated heterocycles. The third-order valence-corrected chi connectivity index (χ3v) is 3.11. The first kappa shape index (κ1) is 16.0. The first-order chi connectivity index (χ1) is 10.6. The van der Waals surface area contributed by atoms with E-state index in [4.69, 9.17) is 5.11 Å². The van der Waals surface area contributed by atoms with Crippen molar-refractivity contribution < 1.29 is 14.3 Å². The van der Waals surface area contributed by atoms with Crippen molar-refractivity contribution in [2.45, 2.75) is 25.9 Å². The summed E-state index contributed by atoms with van der Waals surface area (Å²) in [6.07, 6.45) is 2.25. The van der Waals surface area contributed by atoms with E-state index in [0.717, 1.165) is 5.69 Å². The maximum absolute atomic E-state index is 12.9. The monoisotopic (exact) mass is 306 g/mol. The van der Waals surface area contributed by atoms with Gasteiger partial charge in [0.15, 0.2) is 0 Å². The molecule has 2 rings (SSSR count). The SMILES string of the molecule is C[C@H](CCO)NC(=O)NCc1ccn(-c2ccc(F)cc2)n1. The normalized spacial score (nSPS) is 12.0. The smallest absolute Gasteiger partial charge is 0.315 e. The lowest BCUT2D eigenvalue weighted by Crippen LogP contribution is -2.40. The van der Waals surface area contributed by atoms with Crippen molar-refractivity contribution in [3.05, 3.63) is 48.0 Å². The predicted octanol–water partition coefficient (Wildman–Crippen LogP) is 1.58. The number of aliphatic hydroxyl groups excluding tert-OH is 1. The number of rotatable bonds is 6. The molecule has 0 fully saturated rings. The Morgan fingerprint density at radius 3 is 2.77 bits per heavy atom. The number of halogens is 1. The highest BCUT2D eigenvalue weighted by Gasteiger charge is 2.07. The third kappa shape index (κ3) is 4.56. The van der Waals surface area contributed by atoms with Crippen molar-refractivity contribution in [1.82, 2.24) is 20.4 Å². The topological polar surface area (TPSA) is 79.2 Å². The van der Waals surface area contributed by atoms with Crippen molar-refractivity contribution in [3.8, 4) is 5.69 Å². The van der Waals surface area contributed by atoms with Crippen LogP contribution in [-0.2, 0) is 6.54 Å². The maximum Gasteiger partial charge on any atom is 0.315 e. The molecule has 118 valence electrons. The van der Waals surface area contributed by atoms with Gasteiger partial charge in [0.25, 0.3) is 0 Å². The van der Waals surface area contributed by atoms with E-state index in [-0.39, 0.29) is 31.0 Å². The van der Waals surface area contributed by atoms with Crippen molar-refractivity contribution in [2.24, 2.45) is 0 Å². The molecule has 0 aliphatic heterocycles. The molecule has 6 nitrogen and oxygen atoms in total. The average Bonchev–Trinajstić information content (AvgIpc) is 2.95. The number of nitrogens with zero attached hydrogens (tertiary/aromatic N) is 2. The Bertz CT molecular complexity index is 612. The highest BCUT2D eigenvalue weighted by Crippen LogP contribution is 2.08. The van der Waals surface area contributed by atoms with E-state index >= 15 is 0 Å². The number of aliphatic hydroxyl groups is 1. The van der Waals surface area contributed by atoms with Crippen LogP contribution in [0.15, 0.2) is 36.5 Å². The fourth-order valence-corrected chi connectivity index (χ4v) is 1.91. The minimum atomic E-state index is -0.308. The number of nitrogens with one attached hydrogen (secondary N) is 2. The van der Waals surface area contributed by atoms with E-state index in [1.54, 1.807) is 29.1 Å². The third-order valence-electron chi connectivity index (χ3n) is 3.11. The van der Waals surface area contributed by atoms with Gasteiger partial charge in [-0.15, -0.1) is 0 Å². The van der Waals surface area contributed by atoms with Crippen LogP contribution in [0, 0.1) is 5.82 Å². The molecular weight excluding hydrogens is 287 g/mol. The molecule has 0 saturated carbocycles. The lowest BCUT2D eigenvalue weighted by molar-refractivity contribution is 0.230. The molecule has 2 amide bonds. The van der Waals surface area contributed by atoms with E-state index in [2.05, 4.69) is 15.7 Å². The van der Waals surface area contributed by atoms with Gasteiger partial charge in [-0.2, -0.15) is 5.10 Å². The first-order valence-electron chi connectivity index (χ1n) is 7.04. The van der Waals surface area contributed by atoms with Crippen molar-refractivity contribution in [1.29, 1.82) is 0 Å². The molecule has 7 heteroatoms. The quantitative estimate of drug-likeness (QED) is 0.758. The molecule has 1 atom stereocenters. The van der Waals surface area contributed by atoms with Crippen molar-refractivity contribution >= 4 is 6.03 Å². The van der Waals surface area contributed by atoms with Gasteiger partial charge in [-0.25, -0.2) is 13.9 Å². The summed E-state index contributed by atoms with van der Waals surface area (Å²) in [6.45, 7) is 2.13. The van der Waals surface area contributed by atoms with Crippen LogP contribution in [0.3, 0.4) is 0 Å². The Labute approximate surface area is 128 Å². The Balaban J connectivity index is 1.87. The van der Waals surface area contributed by atoms with Crippen LogP contribution >= 0.6 is 0 Å². The minimum absolute atomic E-state index is 0.0313. The summed E-state index contributed by atoms with van der Waals surface area (Å²) in [5.41, 5.74) is 1.43. The standard InChI is InChI=1S/C15H19FN4O2/c1-11(7-9-21)18-15(22)17-10-13-6-8-20(19-13)14-4-2-12(16)3-5-14/h2-6,8,11,21H,7,9-10H2,1H3,(H2,17,18,22)/t11-/m1/s1. The first-order valence-corrected chi connectivity index (χ1v) is 7.04. The van der Waals surface area contributed by atoms with Crippen LogP contribution in [0.4, 0.5) is 9.18 Å². The molecule has 0 unspecified atom stereocenters. The van der Waals surface area contributed by atoms with E-state index in [1.807, 2.05) is 6.92 Å².